The number of hydrogen-bond acceptors (Lipinski definition) is 5. The Kier molecular flexibility index (Phi) is 8.29. The van der Waals surface area contributed by atoms with E-state index in [2.05, 4.69) is 23.9 Å². The fourth-order valence-electron chi connectivity index (χ4n) is 5.98. The molecule has 2 aliphatic rings. The normalized spacial score (nSPS) is 14.9. The van der Waals surface area contributed by atoms with Gasteiger partial charge in [-0.05, 0) is 42.1 Å². The van der Waals surface area contributed by atoms with Gasteiger partial charge in [-0.2, -0.15) is 10.5 Å². The maximum atomic E-state index is 13.8. The Morgan fingerprint density at radius 1 is 0.829 bits per heavy atom. The molecular formula is C33H30N4O3S. The first-order valence-electron chi connectivity index (χ1n) is 14.2. The molecule has 0 saturated heterocycles. The third-order valence-corrected chi connectivity index (χ3v) is 9.57. The van der Waals surface area contributed by atoms with Gasteiger partial charge in [0.2, 0.25) is 5.69 Å². The summed E-state index contributed by atoms with van der Waals surface area (Å²) in [6.07, 6.45) is 11.3. The minimum atomic E-state index is -1.80. The predicted molar refractivity (Wildman–Crippen MR) is 157 cm³/mol. The molecule has 3 aromatic carbocycles. The molecule has 0 bridgehead atoms. The molecule has 0 saturated carbocycles. The van der Waals surface area contributed by atoms with E-state index in [1.807, 2.05) is 0 Å². The number of rotatable bonds is 11. The maximum Gasteiger partial charge on any atom is 0.261 e. The summed E-state index contributed by atoms with van der Waals surface area (Å²) in [6.45, 7) is 10.3. The van der Waals surface area contributed by atoms with E-state index in [1.54, 1.807) is 18.2 Å². The lowest BCUT2D eigenvalue weighted by molar-refractivity contribution is 0.0607. The summed E-state index contributed by atoms with van der Waals surface area (Å²) in [5, 5.41) is 20.3. The van der Waals surface area contributed by atoms with Gasteiger partial charge in [-0.1, -0.05) is 64.7 Å². The van der Waals surface area contributed by atoms with E-state index in [-0.39, 0.29) is 33.8 Å². The number of carbonyl (C=O) groups excluding carboxylic acids is 2. The molecular weight excluding hydrogens is 532 g/mol. The average molecular weight is 563 g/mol. The molecule has 0 spiro atoms. The van der Waals surface area contributed by atoms with Gasteiger partial charge in [-0.15, -0.1) is 0 Å². The van der Waals surface area contributed by atoms with Crippen molar-refractivity contribution in [3.63, 3.8) is 0 Å². The second-order valence-corrected chi connectivity index (χ2v) is 12.0. The molecule has 0 N–H and O–H groups in total. The highest BCUT2D eigenvalue weighted by atomic mass is 32.2. The van der Waals surface area contributed by atoms with Crippen molar-refractivity contribution in [1.82, 2.24) is 4.90 Å². The molecule has 0 radical (unpaired) electrons. The zero-order valence-corrected chi connectivity index (χ0v) is 23.9. The highest BCUT2D eigenvalue weighted by molar-refractivity contribution is 7.85. The molecule has 0 aromatic heterocycles. The monoisotopic (exact) mass is 562 g/mol. The van der Waals surface area contributed by atoms with Gasteiger partial charge >= 0.3 is 0 Å². The number of hydrogen-bond donors (Lipinski definition) is 0. The number of benzene rings is 3. The molecule has 206 valence electrons. The number of fused-ring (bicyclic) bond motifs is 2. The van der Waals surface area contributed by atoms with Gasteiger partial charge < -0.3 is 0 Å². The van der Waals surface area contributed by atoms with Crippen molar-refractivity contribution in [2.24, 2.45) is 0 Å². The summed E-state index contributed by atoms with van der Waals surface area (Å²) in [5.74, 6) is -0.960. The Bertz CT molecular complexity index is 1720. The largest absolute Gasteiger partial charge is 0.274 e. The zero-order chi connectivity index (χ0) is 29.1. The summed E-state index contributed by atoms with van der Waals surface area (Å²) in [6, 6.07) is 11.9. The van der Waals surface area contributed by atoms with Gasteiger partial charge in [0.1, 0.15) is 0 Å². The van der Waals surface area contributed by atoms with E-state index in [9.17, 15) is 24.3 Å². The van der Waals surface area contributed by atoms with Gasteiger partial charge in [0.05, 0.1) is 50.4 Å². The first-order chi connectivity index (χ1) is 20.0. The number of amides is 2. The highest BCUT2D eigenvalue weighted by Crippen LogP contribution is 2.51. The molecule has 7 nitrogen and oxygen atoms in total. The SMILES string of the molecule is [C-]#[N+]c1cc2c3c(cc(C#N)c4c3c1S(=O)c1ccc(C#N)cc1-4)C(=O)N(CCCCCCCCCCCC)C2=O. The van der Waals surface area contributed by atoms with Crippen LogP contribution in [0, 0.1) is 29.2 Å². The standard InChI is InChI=1S/C33H30N4O3S/c1-3-4-5-6-7-8-9-10-11-12-15-37-32(38)24-17-22(20-35)28-23-16-21(19-34)13-14-27(23)41(40)31-26(36-2)18-25(33(37)39)29(24)30(28)31/h13-14,16-18H,3-12,15H2,1H3. The van der Waals surface area contributed by atoms with E-state index in [0.29, 0.717) is 38.8 Å². The van der Waals surface area contributed by atoms with Crippen LogP contribution in [0.15, 0.2) is 40.1 Å². The van der Waals surface area contributed by atoms with Crippen molar-refractivity contribution in [1.29, 1.82) is 10.5 Å². The number of imide groups is 1. The van der Waals surface area contributed by atoms with E-state index in [4.69, 9.17) is 6.57 Å². The first-order valence-corrected chi connectivity index (χ1v) is 15.4. The minimum Gasteiger partial charge on any atom is -0.274 e. The Balaban J connectivity index is 1.48. The molecule has 41 heavy (non-hydrogen) atoms. The molecule has 1 atom stereocenters. The molecule has 8 heteroatoms. The van der Waals surface area contributed by atoms with Crippen LogP contribution < -0.4 is 0 Å². The lowest BCUT2D eigenvalue weighted by Gasteiger charge is -2.31. The lowest BCUT2D eigenvalue weighted by atomic mass is 9.85. The second kappa shape index (κ2) is 12.0. The molecule has 0 fully saturated rings. The maximum absolute atomic E-state index is 13.8. The molecule has 3 aromatic rings. The Labute approximate surface area is 242 Å². The van der Waals surface area contributed by atoms with Gasteiger partial charge in [-0.25, -0.2) is 4.85 Å². The topological polar surface area (TPSA) is 106 Å². The van der Waals surface area contributed by atoms with Crippen molar-refractivity contribution in [2.45, 2.75) is 80.9 Å². The van der Waals surface area contributed by atoms with Gasteiger partial charge in [0.15, 0.2) is 0 Å². The van der Waals surface area contributed by atoms with Crippen molar-refractivity contribution >= 4 is 39.1 Å². The smallest absolute Gasteiger partial charge is 0.261 e. The molecule has 2 aliphatic heterocycles. The molecule has 2 heterocycles. The van der Waals surface area contributed by atoms with Crippen LogP contribution in [-0.2, 0) is 10.8 Å². The highest BCUT2D eigenvalue weighted by Gasteiger charge is 2.39. The van der Waals surface area contributed by atoms with Crippen LogP contribution in [0.5, 0.6) is 0 Å². The van der Waals surface area contributed by atoms with Crippen molar-refractivity contribution in [3.8, 4) is 23.3 Å². The predicted octanol–water partition coefficient (Wildman–Crippen LogP) is 7.80. The molecule has 0 aliphatic carbocycles. The van der Waals surface area contributed by atoms with E-state index in [0.717, 1.165) is 19.3 Å². The second-order valence-electron chi connectivity index (χ2n) is 10.6. The van der Waals surface area contributed by atoms with Crippen LogP contribution in [0.1, 0.15) is 103 Å². The van der Waals surface area contributed by atoms with Crippen LogP contribution in [0.25, 0.3) is 26.7 Å². The molecule has 5 rings (SSSR count). The Morgan fingerprint density at radius 3 is 2.07 bits per heavy atom. The quantitative estimate of drug-likeness (QED) is 0.105. The third kappa shape index (κ3) is 4.92. The number of unbranched alkanes of at least 4 members (excludes halogenated alkanes) is 9. The summed E-state index contributed by atoms with van der Waals surface area (Å²) in [7, 11) is -1.80. The number of nitrogens with zero attached hydrogens (tertiary/aromatic N) is 4. The van der Waals surface area contributed by atoms with Crippen LogP contribution in [0.4, 0.5) is 5.69 Å². The zero-order valence-electron chi connectivity index (χ0n) is 23.1. The summed E-state index contributed by atoms with van der Waals surface area (Å²) >= 11 is 0. The van der Waals surface area contributed by atoms with Crippen LogP contribution in [-0.4, -0.2) is 27.5 Å². The molecule has 1 unspecified atom stereocenters. The Hall–Kier alpha value is -4.32. The minimum absolute atomic E-state index is 0.0599. The van der Waals surface area contributed by atoms with Crippen molar-refractivity contribution in [3.05, 3.63) is 64.0 Å². The summed E-state index contributed by atoms with van der Waals surface area (Å²) < 4.78 is 13.8. The Morgan fingerprint density at radius 2 is 1.46 bits per heavy atom. The fourth-order valence-corrected chi connectivity index (χ4v) is 7.43. The number of nitriles is 2. The van der Waals surface area contributed by atoms with Crippen molar-refractivity contribution < 1.29 is 13.8 Å². The summed E-state index contributed by atoms with van der Waals surface area (Å²) in [4.78, 5) is 32.8. The third-order valence-electron chi connectivity index (χ3n) is 8.03. The summed E-state index contributed by atoms with van der Waals surface area (Å²) in [5.41, 5.74) is 1.83. The number of carbonyl (C=O) groups is 2. The molecule has 2 amide bonds. The fraction of sp³-hybridized carbons (Fsp3) is 0.364. The van der Waals surface area contributed by atoms with E-state index >= 15 is 0 Å². The van der Waals surface area contributed by atoms with Crippen LogP contribution in [0.2, 0.25) is 0 Å². The van der Waals surface area contributed by atoms with Gasteiger partial charge in [0, 0.05) is 34.2 Å². The van der Waals surface area contributed by atoms with E-state index in [1.165, 1.54) is 55.6 Å². The van der Waals surface area contributed by atoms with Gasteiger partial charge in [0.25, 0.3) is 11.8 Å². The van der Waals surface area contributed by atoms with Crippen LogP contribution >= 0.6 is 0 Å². The lowest BCUT2D eigenvalue weighted by Crippen LogP contribution is -2.41. The van der Waals surface area contributed by atoms with Crippen molar-refractivity contribution in [2.75, 3.05) is 6.54 Å². The average Bonchev–Trinajstić information content (AvgIpc) is 3.00. The first kappa shape index (κ1) is 28.2. The van der Waals surface area contributed by atoms with Crippen LogP contribution in [0.3, 0.4) is 0 Å². The van der Waals surface area contributed by atoms with E-state index < -0.39 is 22.6 Å². The van der Waals surface area contributed by atoms with Gasteiger partial charge in [-0.3, -0.25) is 18.7 Å².